The van der Waals surface area contributed by atoms with Gasteiger partial charge >= 0.3 is 0 Å². The van der Waals surface area contributed by atoms with E-state index in [1.54, 1.807) is 0 Å². The van der Waals surface area contributed by atoms with Gasteiger partial charge in [-0.1, -0.05) is 170 Å². The number of thiophene rings is 1. The Morgan fingerprint density at radius 2 is 0.865 bits per heavy atom. The third-order valence-corrected chi connectivity index (χ3v) is 11.4. The molecule has 10 rings (SSSR count). The fourth-order valence-electron chi connectivity index (χ4n) is 7.99. The molecule has 0 fully saturated rings. The number of fused-ring (bicyclic) bond motifs is 6. The van der Waals surface area contributed by atoms with Crippen LogP contribution in [0.3, 0.4) is 0 Å². The molecule has 0 aliphatic heterocycles. The molecule has 2 heteroatoms. The van der Waals surface area contributed by atoms with Crippen molar-refractivity contribution in [3.8, 4) is 33.4 Å². The first-order valence-electron chi connectivity index (χ1n) is 17.8. The molecule has 244 valence electrons. The van der Waals surface area contributed by atoms with E-state index in [1.807, 2.05) is 11.3 Å². The minimum Gasteiger partial charge on any atom is -0.309 e. The zero-order valence-electron chi connectivity index (χ0n) is 28.4. The molecular weight excluding hydrogens is 647 g/mol. The molecule has 0 N–H and O–H groups in total. The lowest BCUT2D eigenvalue weighted by Crippen LogP contribution is -2.13. The molecule has 0 saturated carbocycles. The average molecular weight is 680 g/mol. The lowest BCUT2D eigenvalue weighted by molar-refractivity contribution is 1.32. The third kappa shape index (κ3) is 4.99. The van der Waals surface area contributed by atoms with E-state index in [2.05, 4.69) is 205 Å². The molecule has 0 aliphatic carbocycles. The zero-order valence-corrected chi connectivity index (χ0v) is 29.2. The maximum atomic E-state index is 2.56. The van der Waals surface area contributed by atoms with Crippen molar-refractivity contribution in [3.05, 3.63) is 200 Å². The predicted molar refractivity (Wildman–Crippen MR) is 225 cm³/mol. The van der Waals surface area contributed by atoms with Crippen molar-refractivity contribution in [2.75, 3.05) is 4.90 Å². The van der Waals surface area contributed by atoms with Crippen LogP contribution in [0.5, 0.6) is 0 Å². The monoisotopic (exact) mass is 679 g/mol. The summed E-state index contributed by atoms with van der Waals surface area (Å²) in [5, 5.41) is 7.48. The van der Waals surface area contributed by atoms with Gasteiger partial charge < -0.3 is 4.90 Å². The third-order valence-electron chi connectivity index (χ3n) is 10.3. The summed E-state index contributed by atoms with van der Waals surface area (Å²) in [4.78, 5) is 2.56. The summed E-state index contributed by atoms with van der Waals surface area (Å²) < 4.78 is 2.57. The smallest absolute Gasteiger partial charge is 0.0555 e. The molecule has 10 aromatic rings. The molecular formula is C50H33NS. The van der Waals surface area contributed by atoms with E-state index < -0.39 is 0 Å². The van der Waals surface area contributed by atoms with Gasteiger partial charge in [-0.15, -0.1) is 11.3 Å². The molecule has 1 nitrogen and oxygen atoms in total. The molecule has 0 radical (unpaired) electrons. The van der Waals surface area contributed by atoms with Crippen molar-refractivity contribution in [2.24, 2.45) is 0 Å². The number of nitrogens with zero attached hydrogens (tertiary/aromatic N) is 1. The summed E-state index contributed by atoms with van der Waals surface area (Å²) in [6.45, 7) is 0. The van der Waals surface area contributed by atoms with Crippen LogP contribution in [0.25, 0.3) is 75.1 Å². The molecule has 0 spiro atoms. The van der Waals surface area contributed by atoms with Gasteiger partial charge in [0, 0.05) is 31.1 Å². The number of hydrogen-bond donors (Lipinski definition) is 0. The average Bonchev–Trinajstić information content (AvgIpc) is 3.61. The molecule has 0 atom stereocenters. The second-order valence-corrected chi connectivity index (χ2v) is 14.3. The highest BCUT2D eigenvalue weighted by molar-refractivity contribution is 7.26. The van der Waals surface area contributed by atoms with Crippen molar-refractivity contribution in [3.63, 3.8) is 0 Å². The fraction of sp³-hybridized carbons (Fsp3) is 0. The Kier molecular flexibility index (Phi) is 7.41. The zero-order chi connectivity index (χ0) is 34.4. The molecule has 1 heterocycles. The Labute approximate surface area is 307 Å². The Morgan fingerprint density at radius 3 is 1.65 bits per heavy atom. The van der Waals surface area contributed by atoms with Crippen molar-refractivity contribution < 1.29 is 0 Å². The molecule has 9 aromatic carbocycles. The standard InChI is InChI=1S/C50H33NS/c1-3-17-34(18-4-1)37-22-9-12-26-42(37)49-39(35-19-5-2-6-20-35)28-15-29-44(49)51(45-30-16-32-48-50(45)43-27-13-14-31-47(43)52-48)46-33-36-21-7-8-23-38(36)40-24-10-11-25-41(40)46/h1-33H. The summed E-state index contributed by atoms with van der Waals surface area (Å²) in [6.07, 6.45) is 0. The lowest BCUT2D eigenvalue weighted by atomic mass is 9.87. The molecule has 0 unspecified atom stereocenters. The Hall–Kier alpha value is -6.48. The van der Waals surface area contributed by atoms with E-state index >= 15 is 0 Å². The van der Waals surface area contributed by atoms with E-state index in [4.69, 9.17) is 0 Å². The quantitative estimate of drug-likeness (QED) is 0.158. The van der Waals surface area contributed by atoms with Crippen molar-refractivity contribution >= 4 is 70.1 Å². The Bertz CT molecular complexity index is 2910. The first-order chi connectivity index (χ1) is 25.8. The fourth-order valence-corrected chi connectivity index (χ4v) is 9.12. The normalized spacial score (nSPS) is 11.5. The van der Waals surface area contributed by atoms with Gasteiger partial charge in [0.05, 0.1) is 17.1 Å². The van der Waals surface area contributed by atoms with Crippen molar-refractivity contribution in [1.82, 2.24) is 0 Å². The van der Waals surface area contributed by atoms with E-state index in [0.717, 1.165) is 11.4 Å². The van der Waals surface area contributed by atoms with Gasteiger partial charge in [-0.05, 0) is 74.3 Å². The summed E-state index contributed by atoms with van der Waals surface area (Å²) in [6, 6.07) is 73.1. The Morgan fingerprint density at radius 1 is 0.327 bits per heavy atom. The number of benzene rings is 9. The maximum Gasteiger partial charge on any atom is 0.0555 e. The summed E-state index contributed by atoms with van der Waals surface area (Å²) in [5.41, 5.74) is 10.6. The first-order valence-corrected chi connectivity index (χ1v) is 18.6. The molecule has 52 heavy (non-hydrogen) atoms. The molecule has 0 bridgehead atoms. The minimum atomic E-state index is 1.13. The van der Waals surface area contributed by atoms with Crippen LogP contribution in [0.2, 0.25) is 0 Å². The maximum absolute atomic E-state index is 2.56. The molecule has 0 amide bonds. The van der Waals surface area contributed by atoms with Crippen LogP contribution in [-0.2, 0) is 0 Å². The first kappa shape index (κ1) is 30.4. The van der Waals surface area contributed by atoms with Crippen LogP contribution < -0.4 is 4.90 Å². The van der Waals surface area contributed by atoms with Crippen LogP contribution >= 0.6 is 11.3 Å². The minimum absolute atomic E-state index is 1.13. The highest BCUT2D eigenvalue weighted by Crippen LogP contribution is 2.52. The van der Waals surface area contributed by atoms with Gasteiger partial charge in [-0.3, -0.25) is 0 Å². The van der Waals surface area contributed by atoms with Crippen LogP contribution in [0.4, 0.5) is 17.1 Å². The largest absolute Gasteiger partial charge is 0.309 e. The van der Waals surface area contributed by atoms with Gasteiger partial charge in [0.1, 0.15) is 0 Å². The summed E-state index contributed by atoms with van der Waals surface area (Å²) in [5.74, 6) is 0. The van der Waals surface area contributed by atoms with Crippen molar-refractivity contribution in [1.29, 1.82) is 0 Å². The van der Waals surface area contributed by atoms with E-state index in [-0.39, 0.29) is 0 Å². The van der Waals surface area contributed by atoms with E-state index in [9.17, 15) is 0 Å². The summed E-state index contributed by atoms with van der Waals surface area (Å²) in [7, 11) is 0. The second-order valence-electron chi connectivity index (χ2n) is 13.2. The van der Waals surface area contributed by atoms with E-state index in [1.165, 1.54) is 80.8 Å². The number of rotatable bonds is 6. The van der Waals surface area contributed by atoms with E-state index in [0.29, 0.717) is 0 Å². The van der Waals surface area contributed by atoms with Gasteiger partial charge in [-0.25, -0.2) is 0 Å². The van der Waals surface area contributed by atoms with Gasteiger partial charge in [-0.2, -0.15) is 0 Å². The number of hydrogen-bond acceptors (Lipinski definition) is 2. The highest BCUT2D eigenvalue weighted by Gasteiger charge is 2.26. The van der Waals surface area contributed by atoms with Gasteiger partial charge in [0.25, 0.3) is 0 Å². The van der Waals surface area contributed by atoms with Crippen LogP contribution in [0.1, 0.15) is 0 Å². The van der Waals surface area contributed by atoms with Crippen molar-refractivity contribution in [2.45, 2.75) is 0 Å². The number of anilines is 3. The summed E-state index contributed by atoms with van der Waals surface area (Å²) >= 11 is 1.86. The molecule has 0 saturated heterocycles. The van der Waals surface area contributed by atoms with Gasteiger partial charge in [0.15, 0.2) is 0 Å². The van der Waals surface area contributed by atoms with Crippen LogP contribution in [0.15, 0.2) is 200 Å². The predicted octanol–water partition coefficient (Wildman–Crippen LogP) is 14.8. The topological polar surface area (TPSA) is 3.24 Å². The lowest BCUT2D eigenvalue weighted by Gasteiger charge is -2.32. The SMILES string of the molecule is c1ccc(-c2ccccc2-c2c(-c3ccccc3)cccc2N(c2cc3ccccc3c3ccccc23)c2cccc3sc4ccccc4c23)cc1. The molecule has 0 aliphatic rings. The highest BCUT2D eigenvalue weighted by atomic mass is 32.1. The second kappa shape index (κ2) is 12.7. The Balaban J connectivity index is 1.39. The van der Waals surface area contributed by atoms with Crippen LogP contribution in [-0.4, -0.2) is 0 Å². The molecule has 1 aromatic heterocycles. The van der Waals surface area contributed by atoms with Crippen LogP contribution in [0, 0.1) is 0 Å². The van der Waals surface area contributed by atoms with Gasteiger partial charge in [0.2, 0.25) is 0 Å².